The number of carbonyl (C=O) groups is 2. The van der Waals surface area contributed by atoms with Crippen LogP contribution in [-0.2, 0) is 14.3 Å². The first kappa shape index (κ1) is 23.4. The van der Waals surface area contributed by atoms with Crippen molar-refractivity contribution in [3.63, 3.8) is 0 Å². The Bertz CT molecular complexity index is 1030. The summed E-state index contributed by atoms with van der Waals surface area (Å²) >= 11 is 0. The second-order valence-corrected chi connectivity index (χ2v) is 8.06. The summed E-state index contributed by atoms with van der Waals surface area (Å²) in [6.07, 6.45) is 0. The quantitative estimate of drug-likeness (QED) is 0.516. The summed E-state index contributed by atoms with van der Waals surface area (Å²) in [5, 5.41) is 2.84. The molecule has 0 aliphatic carbocycles. The number of carbonyl (C=O) groups excluding carboxylic acids is 2. The topological polar surface area (TPSA) is 92.7 Å². The normalized spacial score (nSPS) is 20.3. The minimum atomic E-state index is -1.04. The number of anilines is 1. The lowest BCUT2D eigenvalue weighted by atomic mass is 9.91. The number of ether oxygens (including phenoxy) is 3. The van der Waals surface area contributed by atoms with Gasteiger partial charge < -0.3 is 24.0 Å². The predicted molar refractivity (Wildman–Crippen MR) is 128 cm³/mol. The maximum Gasteiger partial charge on any atom is 0.321 e. The molecule has 2 aliphatic heterocycles. The first-order valence-electron chi connectivity index (χ1n) is 11.4. The molecule has 2 aromatic rings. The molecule has 1 saturated heterocycles. The van der Waals surface area contributed by atoms with Crippen LogP contribution in [0.4, 0.5) is 5.69 Å². The average Bonchev–Trinajstić information content (AvgIpc) is 2.88. The van der Waals surface area contributed by atoms with E-state index in [1.807, 2.05) is 36.4 Å². The molecular formula is C25H30N4O5. The molecule has 2 aromatic carbocycles. The fourth-order valence-corrected chi connectivity index (χ4v) is 4.24. The van der Waals surface area contributed by atoms with E-state index in [0.717, 1.165) is 30.1 Å². The first-order chi connectivity index (χ1) is 16.5. The molecule has 0 bridgehead atoms. The molecule has 1 N–H and O–H groups in total. The van der Waals surface area contributed by atoms with Crippen molar-refractivity contribution in [3.05, 3.63) is 54.1 Å². The Morgan fingerprint density at radius 2 is 1.50 bits per heavy atom. The number of methoxy groups -OCH3 is 2. The molecule has 1 fully saturated rings. The number of esters is 1. The van der Waals surface area contributed by atoms with Crippen LogP contribution in [0.1, 0.15) is 18.5 Å². The molecule has 34 heavy (non-hydrogen) atoms. The number of benzene rings is 2. The third-order valence-electron chi connectivity index (χ3n) is 6.11. The van der Waals surface area contributed by atoms with E-state index in [2.05, 4.69) is 15.1 Å². The highest BCUT2D eigenvalue weighted by atomic mass is 16.5. The maximum absolute atomic E-state index is 13.1. The summed E-state index contributed by atoms with van der Waals surface area (Å²) in [6.45, 7) is 4.83. The van der Waals surface area contributed by atoms with Crippen molar-refractivity contribution in [2.75, 3.05) is 51.9 Å². The summed E-state index contributed by atoms with van der Waals surface area (Å²) in [4.78, 5) is 34.8. The molecule has 0 unspecified atom stereocenters. The van der Waals surface area contributed by atoms with Gasteiger partial charge in [-0.2, -0.15) is 0 Å². The van der Waals surface area contributed by atoms with E-state index in [0.29, 0.717) is 24.8 Å². The summed E-state index contributed by atoms with van der Waals surface area (Å²) < 4.78 is 15.7. The SMILES string of the molecule is CCOC(=O)[C@@H]1C(=O)NC(N2CCN(c3ccc(OC)cc3)CC2)=N[C@@H]1c1ccc(OC)cc1. The lowest BCUT2D eigenvalue weighted by Gasteiger charge is -2.39. The van der Waals surface area contributed by atoms with Crippen molar-refractivity contribution >= 4 is 23.5 Å². The van der Waals surface area contributed by atoms with Gasteiger partial charge in [0, 0.05) is 31.9 Å². The van der Waals surface area contributed by atoms with Crippen molar-refractivity contribution in [2.24, 2.45) is 10.9 Å². The molecule has 0 saturated carbocycles. The van der Waals surface area contributed by atoms with Crippen LogP contribution in [0.5, 0.6) is 11.5 Å². The Kier molecular flexibility index (Phi) is 7.20. The number of piperazine rings is 1. The van der Waals surface area contributed by atoms with Gasteiger partial charge in [-0.15, -0.1) is 0 Å². The number of hydrogen-bond acceptors (Lipinski definition) is 8. The van der Waals surface area contributed by atoms with Gasteiger partial charge in [-0.1, -0.05) is 12.1 Å². The van der Waals surface area contributed by atoms with Crippen molar-refractivity contribution in [2.45, 2.75) is 13.0 Å². The van der Waals surface area contributed by atoms with Crippen molar-refractivity contribution in [1.29, 1.82) is 0 Å². The van der Waals surface area contributed by atoms with Crippen LogP contribution in [0.15, 0.2) is 53.5 Å². The molecule has 2 atom stereocenters. The van der Waals surface area contributed by atoms with Crippen LogP contribution in [0, 0.1) is 5.92 Å². The highest BCUT2D eigenvalue weighted by Gasteiger charge is 2.42. The van der Waals surface area contributed by atoms with Crippen LogP contribution in [0.2, 0.25) is 0 Å². The van der Waals surface area contributed by atoms with E-state index >= 15 is 0 Å². The molecular weight excluding hydrogens is 436 g/mol. The lowest BCUT2D eigenvalue weighted by Crippen LogP contribution is -2.57. The smallest absolute Gasteiger partial charge is 0.321 e. The number of hydrogen-bond donors (Lipinski definition) is 1. The number of amides is 1. The standard InChI is InChI=1S/C25H30N4O5/c1-4-34-24(31)21-22(17-5-9-19(32-2)10-6-17)26-25(27-23(21)30)29-15-13-28(14-16-29)18-7-11-20(33-3)12-8-18/h5-12,21-22H,4,13-16H2,1-3H3,(H,26,27,30)/t21-,22+/m0/s1. The van der Waals surface area contributed by atoms with E-state index in [1.54, 1.807) is 33.3 Å². The van der Waals surface area contributed by atoms with Gasteiger partial charge in [0.15, 0.2) is 5.92 Å². The summed E-state index contributed by atoms with van der Waals surface area (Å²) in [5.74, 6) is -0.0221. The minimum absolute atomic E-state index is 0.196. The number of guanidine groups is 1. The molecule has 0 aromatic heterocycles. The molecule has 180 valence electrons. The van der Waals surface area contributed by atoms with Crippen LogP contribution in [-0.4, -0.2) is 69.7 Å². The van der Waals surface area contributed by atoms with Crippen LogP contribution in [0.3, 0.4) is 0 Å². The zero-order valence-electron chi connectivity index (χ0n) is 19.7. The molecule has 2 aliphatic rings. The van der Waals surface area contributed by atoms with Gasteiger partial charge in [0.05, 0.1) is 20.8 Å². The fourth-order valence-electron chi connectivity index (χ4n) is 4.24. The fraction of sp³-hybridized carbons (Fsp3) is 0.400. The van der Waals surface area contributed by atoms with E-state index in [1.165, 1.54) is 0 Å². The van der Waals surface area contributed by atoms with Crippen LogP contribution < -0.4 is 19.7 Å². The van der Waals surface area contributed by atoms with Gasteiger partial charge in [0.2, 0.25) is 11.9 Å². The molecule has 9 nitrogen and oxygen atoms in total. The van der Waals surface area contributed by atoms with Crippen LogP contribution in [0.25, 0.3) is 0 Å². The molecule has 0 spiro atoms. The average molecular weight is 467 g/mol. The van der Waals surface area contributed by atoms with Crippen LogP contribution >= 0.6 is 0 Å². The third-order valence-corrected chi connectivity index (χ3v) is 6.11. The van der Waals surface area contributed by atoms with E-state index < -0.39 is 23.8 Å². The highest BCUT2D eigenvalue weighted by molar-refractivity contribution is 6.08. The number of rotatable bonds is 6. The first-order valence-corrected chi connectivity index (χ1v) is 11.4. The Labute approximate surface area is 199 Å². The van der Waals surface area contributed by atoms with Gasteiger partial charge in [-0.05, 0) is 48.9 Å². The summed E-state index contributed by atoms with van der Waals surface area (Å²) in [6, 6.07) is 14.6. The van der Waals surface area contributed by atoms with Crippen molar-refractivity contribution in [1.82, 2.24) is 10.2 Å². The van der Waals surface area contributed by atoms with E-state index in [9.17, 15) is 9.59 Å². The zero-order chi connectivity index (χ0) is 24.1. The Morgan fingerprint density at radius 3 is 2.06 bits per heavy atom. The predicted octanol–water partition coefficient (Wildman–Crippen LogP) is 2.23. The summed E-state index contributed by atoms with van der Waals surface area (Å²) in [5.41, 5.74) is 1.87. The summed E-state index contributed by atoms with van der Waals surface area (Å²) in [7, 11) is 3.24. The maximum atomic E-state index is 13.1. The number of nitrogens with one attached hydrogen (secondary N) is 1. The minimum Gasteiger partial charge on any atom is -0.497 e. The van der Waals surface area contributed by atoms with Gasteiger partial charge in [-0.3, -0.25) is 14.9 Å². The molecule has 1 amide bonds. The number of nitrogens with zero attached hydrogens (tertiary/aromatic N) is 3. The van der Waals surface area contributed by atoms with Crippen molar-refractivity contribution < 1.29 is 23.8 Å². The van der Waals surface area contributed by atoms with E-state index in [-0.39, 0.29) is 6.61 Å². The second-order valence-electron chi connectivity index (χ2n) is 8.06. The Morgan fingerprint density at radius 1 is 0.941 bits per heavy atom. The number of aliphatic imine (C=N–C) groups is 1. The Hall–Kier alpha value is -3.75. The highest BCUT2D eigenvalue weighted by Crippen LogP contribution is 2.32. The second kappa shape index (κ2) is 10.5. The Balaban J connectivity index is 1.53. The molecule has 9 heteroatoms. The van der Waals surface area contributed by atoms with Gasteiger partial charge >= 0.3 is 5.97 Å². The van der Waals surface area contributed by atoms with Crippen molar-refractivity contribution in [3.8, 4) is 11.5 Å². The zero-order valence-corrected chi connectivity index (χ0v) is 19.7. The third kappa shape index (κ3) is 4.93. The molecule has 2 heterocycles. The molecule has 4 rings (SSSR count). The lowest BCUT2D eigenvalue weighted by molar-refractivity contribution is -0.153. The van der Waals surface area contributed by atoms with Gasteiger partial charge in [-0.25, -0.2) is 4.99 Å². The van der Waals surface area contributed by atoms with E-state index in [4.69, 9.17) is 19.2 Å². The largest absolute Gasteiger partial charge is 0.497 e. The monoisotopic (exact) mass is 466 g/mol. The van der Waals surface area contributed by atoms with Gasteiger partial charge in [0.25, 0.3) is 0 Å². The van der Waals surface area contributed by atoms with Gasteiger partial charge in [0.1, 0.15) is 17.5 Å². The molecule has 0 radical (unpaired) electrons.